The average molecular weight is 637 g/mol. The van der Waals surface area contributed by atoms with E-state index in [0.29, 0.717) is 41.1 Å². The Morgan fingerprint density at radius 3 is 1.96 bits per heavy atom. The van der Waals surface area contributed by atoms with E-state index in [1.807, 2.05) is 54.6 Å². The maximum Gasteiger partial charge on any atom is 0.231 e. The van der Waals surface area contributed by atoms with Crippen molar-refractivity contribution in [3.63, 3.8) is 0 Å². The van der Waals surface area contributed by atoms with E-state index in [1.165, 1.54) is 6.42 Å². The molecule has 9 heteroatoms. The summed E-state index contributed by atoms with van der Waals surface area (Å²) in [7, 11) is 6.54. The first kappa shape index (κ1) is 33.7. The molecule has 46 heavy (non-hydrogen) atoms. The van der Waals surface area contributed by atoms with E-state index < -0.39 is 12.4 Å². The van der Waals surface area contributed by atoms with Gasteiger partial charge in [0.2, 0.25) is 13.1 Å². The fourth-order valence-corrected chi connectivity index (χ4v) is 6.23. The minimum absolute atomic E-state index is 0.100. The molecule has 0 radical (unpaired) electrons. The summed E-state index contributed by atoms with van der Waals surface area (Å²) < 4.78 is 53.6. The number of hydrogen-bond donors (Lipinski definition) is 0. The molecule has 0 saturated carbocycles. The molecule has 2 aliphatic rings. The largest absolute Gasteiger partial charge is 0.493 e. The van der Waals surface area contributed by atoms with Gasteiger partial charge in [0, 0.05) is 13.7 Å². The topological polar surface area (TPSA) is 83.1 Å². The second-order valence-corrected chi connectivity index (χ2v) is 11.9. The molecule has 1 saturated heterocycles. The second kappa shape index (κ2) is 15.8. The third-order valence-corrected chi connectivity index (χ3v) is 9.07. The lowest BCUT2D eigenvalue weighted by Gasteiger charge is -2.28. The van der Waals surface area contributed by atoms with Gasteiger partial charge in [-0.3, -0.25) is 0 Å². The minimum atomic E-state index is -0.748. The number of unbranched alkanes of at least 4 members (excludes halogenated alkanes) is 3. The standard InChI is InChI=1S/C37H48O9/c1-8-9-10-11-18-42-36(27-13-16-29-33(21-27)44-22-43-29)37(41-7)45-30-17-14-26(20-32(30)40-6)35-24(3)23(2)34(46-35)25-12-15-28(38-4)31(19-25)39-5/h12-17,19-21,23-24,34-37H,8-11,18,22H2,1-7H3/t23-,24+,34+,35-,36?,37?/m0/s1. The van der Waals surface area contributed by atoms with Crippen molar-refractivity contribution in [1.82, 2.24) is 0 Å². The molecule has 2 aliphatic heterocycles. The predicted octanol–water partition coefficient (Wildman–Crippen LogP) is 8.22. The van der Waals surface area contributed by atoms with Crippen molar-refractivity contribution >= 4 is 0 Å². The van der Waals surface area contributed by atoms with Crippen LogP contribution in [0.5, 0.6) is 34.5 Å². The summed E-state index contributed by atoms with van der Waals surface area (Å²) in [4.78, 5) is 0. The average Bonchev–Trinajstić information content (AvgIpc) is 3.68. The van der Waals surface area contributed by atoms with Crippen LogP contribution in [0.1, 0.15) is 81.5 Å². The molecule has 3 aromatic carbocycles. The molecule has 250 valence electrons. The molecule has 0 aliphatic carbocycles. The molecule has 0 spiro atoms. The van der Waals surface area contributed by atoms with Crippen molar-refractivity contribution in [3.05, 3.63) is 71.3 Å². The first-order chi connectivity index (χ1) is 22.4. The number of benzene rings is 3. The van der Waals surface area contributed by atoms with Crippen LogP contribution in [0.25, 0.3) is 0 Å². The van der Waals surface area contributed by atoms with Crippen molar-refractivity contribution in [1.29, 1.82) is 0 Å². The minimum Gasteiger partial charge on any atom is -0.493 e. The smallest absolute Gasteiger partial charge is 0.231 e. The SMILES string of the molecule is CCCCCCOC(c1ccc2c(c1)OCO2)C(OC)Oc1ccc([C@H]2O[C@@H](c3ccc(OC)c(OC)c3)[C@@H](C)[C@H]2C)cc1OC. The first-order valence-electron chi connectivity index (χ1n) is 16.2. The normalized spacial score (nSPS) is 21.5. The first-order valence-corrected chi connectivity index (χ1v) is 16.2. The van der Waals surface area contributed by atoms with Gasteiger partial charge in [0.05, 0.1) is 33.5 Å². The highest BCUT2D eigenvalue weighted by Gasteiger charge is 2.41. The summed E-state index contributed by atoms with van der Waals surface area (Å²) in [5.41, 5.74) is 2.95. The Kier molecular flexibility index (Phi) is 11.5. The highest BCUT2D eigenvalue weighted by molar-refractivity contribution is 5.47. The van der Waals surface area contributed by atoms with E-state index in [2.05, 4.69) is 20.8 Å². The van der Waals surface area contributed by atoms with E-state index in [-0.39, 0.29) is 30.8 Å². The van der Waals surface area contributed by atoms with Gasteiger partial charge in [-0.15, -0.1) is 0 Å². The Labute approximate surface area is 272 Å². The molecule has 3 aromatic rings. The summed E-state index contributed by atoms with van der Waals surface area (Å²) >= 11 is 0. The van der Waals surface area contributed by atoms with Crippen molar-refractivity contribution in [2.24, 2.45) is 11.8 Å². The van der Waals surface area contributed by atoms with Crippen LogP contribution in [-0.2, 0) is 14.2 Å². The van der Waals surface area contributed by atoms with Crippen molar-refractivity contribution in [2.75, 3.05) is 41.8 Å². The van der Waals surface area contributed by atoms with Gasteiger partial charge >= 0.3 is 0 Å². The van der Waals surface area contributed by atoms with Crippen LogP contribution in [-0.4, -0.2) is 48.1 Å². The zero-order chi connectivity index (χ0) is 32.6. The summed E-state index contributed by atoms with van der Waals surface area (Å²) in [6.07, 6.45) is 2.89. The van der Waals surface area contributed by atoms with Crippen molar-refractivity contribution < 1.29 is 42.6 Å². The van der Waals surface area contributed by atoms with Crippen LogP contribution in [0, 0.1) is 11.8 Å². The number of ether oxygens (including phenoxy) is 9. The Balaban J connectivity index is 1.35. The van der Waals surface area contributed by atoms with Crippen LogP contribution in [0.3, 0.4) is 0 Å². The van der Waals surface area contributed by atoms with E-state index in [4.69, 9.17) is 42.6 Å². The predicted molar refractivity (Wildman–Crippen MR) is 174 cm³/mol. The molecule has 5 rings (SSSR count). The van der Waals surface area contributed by atoms with Gasteiger partial charge in [-0.05, 0) is 71.3 Å². The molecular formula is C37H48O9. The number of methoxy groups -OCH3 is 4. The van der Waals surface area contributed by atoms with Crippen LogP contribution in [0.4, 0.5) is 0 Å². The Morgan fingerprint density at radius 2 is 1.33 bits per heavy atom. The molecule has 0 bridgehead atoms. The molecule has 6 atom stereocenters. The van der Waals surface area contributed by atoms with Crippen molar-refractivity contribution in [2.45, 2.75) is 71.1 Å². The zero-order valence-electron chi connectivity index (χ0n) is 28.1. The lowest BCUT2D eigenvalue weighted by atomic mass is 9.85. The zero-order valence-corrected chi connectivity index (χ0v) is 28.1. The fourth-order valence-electron chi connectivity index (χ4n) is 6.23. The molecule has 0 amide bonds. The van der Waals surface area contributed by atoms with E-state index in [9.17, 15) is 0 Å². The third kappa shape index (κ3) is 7.32. The van der Waals surface area contributed by atoms with Crippen LogP contribution in [0.15, 0.2) is 54.6 Å². The van der Waals surface area contributed by atoms with Gasteiger partial charge in [-0.2, -0.15) is 0 Å². The van der Waals surface area contributed by atoms with Gasteiger partial charge < -0.3 is 42.6 Å². The van der Waals surface area contributed by atoms with Gasteiger partial charge in [0.15, 0.2) is 34.5 Å². The number of rotatable bonds is 16. The molecular weight excluding hydrogens is 588 g/mol. The molecule has 9 nitrogen and oxygen atoms in total. The molecule has 1 fully saturated rings. The van der Waals surface area contributed by atoms with E-state index >= 15 is 0 Å². The Morgan fingerprint density at radius 1 is 0.696 bits per heavy atom. The second-order valence-electron chi connectivity index (χ2n) is 11.9. The van der Waals surface area contributed by atoms with Gasteiger partial charge in [0.25, 0.3) is 0 Å². The molecule has 0 N–H and O–H groups in total. The van der Waals surface area contributed by atoms with Crippen LogP contribution >= 0.6 is 0 Å². The summed E-state index contributed by atoms with van der Waals surface area (Å²) in [6, 6.07) is 17.7. The molecule has 2 heterocycles. The lowest BCUT2D eigenvalue weighted by Crippen LogP contribution is -2.30. The van der Waals surface area contributed by atoms with Gasteiger partial charge in [0.1, 0.15) is 6.10 Å². The van der Waals surface area contributed by atoms with Gasteiger partial charge in [-0.1, -0.05) is 58.2 Å². The summed E-state index contributed by atoms with van der Waals surface area (Å²) in [6.45, 7) is 7.42. The van der Waals surface area contributed by atoms with Crippen molar-refractivity contribution in [3.8, 4) is 34.5 Å². The molecule has 0 aromatic heterocycles. The summed E-state index contributed by atoms with van der Waals surface area (Å²) in [5.74, 6) is 4.42. The number of hydrogen-bond acceptors (Lipinski definition) is 9. The van der Waals surface area contributed by atoms with Gasteiger partial charge in [-0.25, -0.2) is 0 Å². The molecule has 2 unspecified atom stereocenters. The van der Waals surface area contributed by atoms with Crippen LogP contribution < -0.4 is 28.4 Å². The van der Waals surface area contributed by atoms with E-state index in [0.717, 1.165) is 36.0 Å². The maximum atomic E-state index is 6.72. The Hall–Kier alpha value is -3.66. The Bertz CT molecular complexity index is 1430. The summed E-state index contributed by atoms with van der Waals surface area (Å²) in [5, 5.41) is 0. The maximum absolute atomic E-state index is 6.72. The van der Waals surface area contributed by atoms with E-state index in [1.54, 1.807) is 28.4 Å². The monoisotopic (exact) mass is 636 g/mol. The third-order valence-electron chi connectivity index (χ3n) is 9.07. The highest BCUT2D eigenvalue weighted by atomic mass is 16.7. The lowest BCUT2D eigenvalue weighted by molar-refractivity contribution is -0.152. The highest BCUT2D eigenvalue weighted by Crippen LogP contribution is 2.51. The number of fused-ring (bicyclic) bond motifs is 1. The fraction of sp³-hybridized carbons (Fsp3) is 0.514. The van der Waals surface area contributed by atoms with Crippen LogP contribution in [0.2, 0.25) is 0 Å². The quantitative estimate of drug-likeness (QED) is 0.114.